The summed E-state index contributed by atoms with van der Waals surface area (Å²) in [6, 6.07) is 15.8. The molecule has 3 rings (SSSR count). The molecule has 0 bridgehead atoms. The molecule has 5 nitrogen and oxygen atoms in total. The van der Waals surface area contributed by atoms with Gasteiger partial charge in [0.25, 0.3) is 0 Å². The summed E-state index contributed by atoms with van der Waals surface area (Å²) in [5, 5.41) is 3.98. The lowest BCUT2D eigenvalue weighted by Gasteiger charge is -2.06. The van der Waals surface area contributed by atoms with E-state index in [0.717, 1.165) is 5.56 Å². The van der Waals surface area contributed by atoms with Crippen LogP contribution in [-0.2, 0) is 0 Å². The van der Waals surface area contributed by atoms with Gasteiger partial charge in [-0.15, -0.1) is 0 Å². The Morgan fingerprint density at radius 3 is 2.36 bits per heavy atom. The van der Waals surface area contributed by atoms with Crippen molar-refractivity contribution in [3.63, 3.8) is 0 Å². The van der Waals surface area contributed by atoms with Crippen LogP contribution in [0.3, 0.4) is 0 Å². The number of ketones is 1. The van der Waals surface area contributed by atoms with E-state index in [9.17, 15) is 9.59 Å². The standard InChI is InChI=1S/C20H17NO4/c1-3-17(22)14-9-11-16(12-10-14)24-20(23)18-13(2)25-21-19(18)15-7-5-4-6-8-15/h4-12H,3H2,1-2H3. The van der Waals surface area contributed by atoms with Crippen molar-refractivity contribution in [3.8, 4) is 17.0 Å². The fraction of sp³-hybridized carbons (Fsp3) is 0.150. The van der Waals surface area contributed by atoms with Crippen LogP contribution in [0.2, 0.25) is 0 Å². The highest BCUT2D eigenvalue weighted by Gasteiger charge is 2.23. The third-order valence-corrected chi connectivity index (χ3v) is 3.82. The summed E-state index contributed by atoms with van der Waals surface area (Å²) in [6.07, 6.45) is 0.430. The molecule has 0 aliphatic rings. The van der Waals surface area contributed by atoms with E-state index in [1.165, 1.54) is 0 Å². The molecule has 0 atom stereocenters. The average molecular weight is 335 g/mol. The normalized spacial score (nSPS) is 10.5. The maximum atomic E-state index is 12.6. The van der Waals surface area contributed by atoms with Crippen molar-refractivity contribution in [2.45, 2.75) is 20.3 Å². The van der Waals surface area contributed by atoms with E-state index < -0.39 is 5.97 Å². The fourth-order valence-electron chi connectivity index (χ4n) is 2.48. The molecule has 0 amide bonds. The molecule has 1 heterocycles. The van der Waals surface area contributed by atoms with Crippen molar-refractivity contribution < 1.29 is 18.8 Å². The summed E-state index contributed by atoms with van der Waals surface area (Å²) < 4.78 is 10.6. The molecular formula is C20H17NO4. The molecule has 2 aromatic carbocycles. The summed E-state index contributed by atoms with van der Waals surface area (Å²) in [4.78, 5) is 24.2. The zero-order valence-electron chi connectivity index (χ0n) is 14.0. The number of carbonyl (C=O) groups is 2. The number of Topliss-reactive ketones (excluding diaryl/α,β-unsaturated/α-hetero) is 1. The number of benzene rings is 2. The first-order valence-corrected chi connectivity index (χ1v) is 7.97. The third kappa shape index (κ3) is 3.50. The van der Waals surface area contributed by atoms with Crippen molar-refractivity contribution in [2.75, 3.05) is 0 Å². The summed E-state index contributed by atoms with van der Waals surface area (Å²) in [5.41, 5.74) is 2.10. The zero-order valence-corrected chi connectivity index (χ0v) is 14.0. The monoisotopic (exact) mass is 335 g/mol. The Bertz CT molecular complexity index is 895. The average Bonchev–Trinajstić information content (AvgIpc) is 3.04. The number of esters is 1. The molecule has 0 aliphatic heterocycles. The SMILES string of the molecule is CCC(=O)c1ccc(OC(=O)c2c(-c3ccccc3)noc2C)cc1. The Labute approximate surface area is 145 Å². The fourth-order valence-corrected chi connectivity index (χ4v) is 2.48. The predicted octanol–water partition coefficient (Wildman–Crippen LogP) is 4.46. The van der Waals surface area contributed by atoms with Crippen molar-refractivity contribution in [1.29, 1.82) is 0 Å². The van der Waals surface area contributed by atoms with Gasteiger partial charge in [0, 0.05) is 17.5 Å². The van der Waals surface area contributed by atoms with Crippen LogP contribution >= 0.6 is 0 Å². The van der Waals surface area contributed by atoms with Crippen LogP contribution in [0.4, 0.5) is 0 Å². The Kier molecular flexibility index (Phi) is 4.75. The number of ether oxygens (including phenoxy) is 1. The van der Waals surface area contributed by atoms with Gasteiger partial charge in [0.05, 0.1) is 0 Å². The molecule has 1 aromatic heterocycles. The van der Waals surface area contributed by atoms with Gasteiger partial charge in [0.2, 0.25) is 0 Å². The number of hydrogen-bond acceptors (Lipinski definition) is 5. The van der Waals surface area contributed by atoms with Crippen molar-refractivity contribution >= 4 is 11.8 Å². The van der Waals surface area contributed by atoms with Gasteiger partial charge in [-0.05, 0) is 31.2 Å². The zero-order chi connectivity index (χ0) is 17.8. The highest BCUT2D eigenvalue weighted by atomic mass is 16.5. The number of rotatable bonds is 5. The van der Waals surface area contributed by atoms with Crippen molar-refractivity contribution in [2.24, 2.45) is 0 Å². The lowest BCUT2D eigenvalue weighted by atomic mass is 10.1. The molecule has 0 N–H and O–H groups in total. The molecule has 0 fully saturated rings. The minimum atomic E-state index is -0.549. The molecular weight excluding hydrogens is 318 g/mol. The number of aromatic nitrogens is 1. The maximum absolute atomic E-state index is 12.6. The lowest BCUT2D eigenvalue weighted by molar-refractivity contribution is 0.0733. The lowest BCUT2D eigenvalue weighted by Crippen LogP contribution is -2.10. The Morgan fingerprint density at radius 2 is 1.72 bits per heavy atom. The quantitative estimate of drug-likeness (QED) is 0.391. The van der Waals surface area contributed by atoms with Crippen LogP contribution in [0.1, 0.15) is 39.8 Å². The van der Waals surface area contributed by atoms with Crippen LogP contribution < -0.4 is 4.74 Å². The number of hydrogen-bond donors (Lipinski definition) is 0. The second-order valence-electron chi connectivity index (χ2n) is 5.52. The van der Waals surface area contributed by atoms with Gasteiger partial charge >= 0.3 is 5.97 Å². The molecule has 0 radical (unpaired) electrons. The van der Waals surface area contributed by atoms with Gasteiger partial charge in [-0.1, -0.05) is 42.4 Å². The third-order valence-electron chi connectivity index (χ3n) is 3.82. The number of nitrogens with zero attached hydrogens (tertiary/aromatic N) is 1. The second kappa shape index (κ2) is 7.13. The van der Waals surface area contributed by atoms with E-state index in [4.69, 9.17) is 9.26 Å². The topological polar surface area (TPSA) is 69.4 Å². The van der Waals surface area contributed by atoms with E-state index in [-0.39, 0.29) is 5.78 Å². The minimum absolute atomic E-state index is 0.0409. The number of carbonyl (C=O) groups excluding carboxylic acids is 2. The van der Waals surface area contributed by atoms with Crippen LogP contribution in [0.25, 0.3) is 11.3 Å². The first kappa shape index (κ1) is 16.6. The molecule has 0 spiro atoms. The highest BCUT2D eigenvalue weighted by Crippen LogP contribution is 2.26. The van der Waals surface area contributed by atoms with Gasteiger partial charge in [-0.2, -0.15) is 0 Å². The molecule has 0 saturated heterocycles. The molecule has 126 valence electrons. The van der Waals surface area contributed by atoms with E-state index in [1.807, 2.05) is 30.3 Å². The maximum Gasteiger partial charge on any atom is 0.349 e. The highest BCUT2D eigenvalue weighted by molar-refractivity contribution is 5.98. The van der Waals surface area contributed by atoms with Crippen LogP contribution in [0.15, 0.2) is 59.1 Å². The summed E-state index contributed by atoms with van der Waals surface area (Å²) >= 11 is 0. The summed E-state index contributed by atoms with van der Waals surface area (Å²) in [7, 11) is 0. The van der Waals surface area contributed by atoms with Crippen molar-refractivity contribution in [1.82, 2.24) is 5.16 Å². The first-order valence-electron chi connectivity index (χ1n) is 7.97. The molecule has 0 unspecified atom stereocenters. The molecule has 5 heteroatoms. The van der Waals surface area contributed by atoms with Gasteiger partial charge in [-0.3, -0.25) is 4.79 Å². The first-order chi connectivity index (χ1) is 12.1. The van der Waals surface area contributed by atoms with Crippen molar-refractivity contribution in [3.05, 3.63) is 71.5 Å². The van der Waals surface area contributed by atoms with Gasteiger partial charge in [0.1, 0.15) is 22.8 Å². The Balaban J connectivity index is 1.85. The Morgan fingerprint density at radius 1 is 1.04 bits per heavy atom. The molecule has 3 aromatic rings. The molecule has 25 heavy (non-hydrogen) atoms. The predicted molar refractivity (Wildman–Crippen MR) is 92.7 cm³/mol. The summed E-state index contributed by atoms with van der Waals surface area (Å²) in [5.74, 6) is 0.241. The van der Waals surface area contributed by atoms with Gasteiger partial charge in [-0.25, -0.2) is 4.79 Å². The van der Waals surface area contributed by atoms with E-state index >= 15 is 0 Å². The molecule has 0 saturated carbocycles. The van der Waals surface area contributed by atoms with E-state index in [2.05, 4.69) is 5.16 Å². The largest absolute Gasteiger partial charge is 0.423 e. The van der Waals surface area contributed by atoms with E-state index in [0.29, 0.717) is 34.8 Å². The van der Waals surface area contributed by atoms with Gasteiger partial charge < -0.3 is 9.26 Å². The minimum Gasteiger partial charge on any atom is -0.423 e. The Hall–Kier alpha value is -3.21. The van der Waals surface area contributed by atoms with Crippen LogP contribution in [-0.4, -0.2) is 16.9 Å². The van der Waals surface area contributed by atoms with Gasteiger partial charge in [0.15, 0.2) is 5.78 Å². The van der Waals surface area contributed by atoms with E-state index in [1.54, 1.807) is 38.1 Å². The molecule has 0 aliphatic carbocycles. The van der Waals surface area contributed by atoms with Crippen LogP contribution in [0, 0.1) is 6.92 Å². The number of aryl methyl sites for hydroxylation is 1. The summed E-state index contributed by atoms with van der Waals surface area (Å²) in [6.45, 7) is 3.47. The van der Waals surface area contributed by atoms with Crippen LogP contribution in [0.5, 0.6) is 5.75 Å². The second-order valence-corrected chi connectivity index (χ2v) is 5.52. The smallest absolute Gasteiger partial charge is 0.349 e.